The van der Waals surface area contributed by atoms with Crippen LogP contribution in [0.3, 0.4) is 0 Å². The van der Waals surface area contributed by atoms with Crippen molar-refractivity contribution >= 4 is 30.4 Å². The molecule has 0 radical (unpaired) electrons. The van der Waals surface area contributed by atoms with Gasteiger partial charge in [-0.05, 0) is 0 Å². The van der Waals surface area contributed by atoms with Crippen LogP contribution in [0.25, 0.3) is 0 Å². The van der Waals surface area contributed by atoms with Gasteiger partial charge in [-0.25, -0.2) is 0 Å². The summed E-state index contributed by atoms with van der Waals surface area (Å²) in [4.78, 5) is 28.1. The van der Waals surface area contributed by atoms with Crippen LogP contribution in [0.4, 0.5) is 4.79 Å². The van der Waals surface area contributed by atoms with Gasteiger partial charge in [0.2, 0.25) is 0 Å². The number of carbonyl (C=O) groups is 2. The van der Waals surface area contributed by atoms with Crippen molar-refractivity contribution in [3.8, 4) is 0 Å². The van der Waals surface area contributed by atoms with Gasteiger partial charge in [0.25, 0.3) is 0 Å². The normalized spacial score (nSPS) is 16.8. The molecule has 33 heavy (non-hydrogen) atoms. The SMILES string of the molecule is CCC[CH2][Sn]([CH2]CCC)([CH2]CCC)[C]1=CC(=O)N(C(=O)OC(C)(C)C)[C@H]1Cc1ccccc1. The van der Waals surface area contributed by atoms with Crippen LogP contribution in [-0.2, 0) is 16.0 Å². The number of imide groups is 1. The summed E-state index contributed by atoms with van der Waals surface area (Å²) in [5.74, 6) is -0.175. The van der Waals surface area contributed by atoms with E-state index >= 15 is 0 Å². The first-order valence-corrected chi connectivity index (χ1v) is 20.5. The van der Waals surface area contributed by atoms with Crippen molar-refractivity contribution in [1.29, 1.82) is 0 Å². The van der Waals surface area contributed by atoms with Gasteiger partial charge in [0.15, 0.2) is 0 Å². The van der Waals surface area contributed by atoms with Crippen molar-refractivity contribution in [1.82, 2.24) is 4.90 Å². The Bertz CT molecular complexity index is 775. The Morgan fingerprint density at radius 1 is 0.939 bits per heavy atom. The Morgan fingerprint density at radius 2 is 1.45 bits per heavy atom. The van der Waals surface area contributed by atoms with E-state index in [0.29, 0.717) is 6.42 Å². The van der Waals surface area contributed by atoms with Gasteiger partial charge >= 0.3 is 207 Å². The Hall–Kier alpha value is -1.30. The number of nitrogens with zero attached hydrogens (tertiary/aromatic N) is 1. The Kier molecular flexibility index (Phi) is 11.0. The summed E-state index contributed by atoms with van der Waals surface area (Å²) in [6.45, 7) is 12.4. The van der Waals surface area contributed by atoms with Gasteiger partial charge in [0, 0.05) is 0 Å². The molecule has 0 bridgehead atoms. The van der Waals surface area contributed by atoms with Gasteiger partial charge in [-0.1, -0.05) is 0 Å². The Morgan fingerprint density at radius 3 is 1.91 bits per heavy atom. The molecule has 0 aromatic heterocycles. The van der Waals surface area contributed by atoms with Crippen LogP contribution in [0.2, 0.25) is 13.3 Å². The predicted octanol–water partition coefficient (Wildman–Crippen LogP) is 7.69. The third kappa shape index (κ3) is 7.86. The molecule has 0 N–H and O–H groups in total. The van der Waals surface area contributed by atoms with E-state index in [-0.39, 0.29) is 11.9 Å². The van der Waals surface area contributed by atoms with E-state index in [9.17, 15) is 9.59 Å². The van der Waals surface area contributed by atoms with E-state index in [4.69, 9.17) is 4.74 Å². The molecule has 1 aromatic carbocycles. The topological polar surface area (TPSA) is 46.6 Å². The summed E-state index contributed by atoms with van der Waals surface area (Å²) < 4.78 is 10.9. The molecule has 0 unspecified atom stereocenters. The van der Waals surface area contributed by atoms with Crippen LogP contribution in [0.5, 0.6) is 0 Å². The summed E-state index contributed by atoms with van der Waals surface area (Å²) in [7, 11) is 0. The zero-order valence-electron chi connectivity index (χ0n) is 21.8. The summed E-state index contributed by atoms with van der Waals surface area (Å²) in [6, 6.07) is 10.1. The molecule has 0 saturated heterocycles. The number of rotatable bonds is 12. The number of ether oxygens (including phenoxy) is 1. The summed E-state index contributed by atoms with van der Waals surface area (Å²) in [5, 5.41) is 0. The number of amides is 2. The van der Waals surface area contributed by atoms with E-state index in [1.807, 2.05) is 45.0 Å². The predicted molar refractivity (Wildman–Crippen MR) is 140 cm³/mol. The van der Waals surface area contributed by atoms with Crippen molar-refractivity contribution in [2.75, 3.05) is 0 Å². The van der Waals surface area contributed by atoms with Crippen molar-refractivity contribution in [2.45, 2.75) is 111 Å². The van der Waals surface area contributed by atoms with Crippen LogP contribution in [0, 0.1) is 0 Å². The summed E-state index contributed by atoms with van der Waals surface area (Å²) in [5.41, 5.74) is 0.531. The molecular weight excluding hydrogens is 517 g/mol. The molecule has 1 atom stereocenters. The van der Waals surface area contributed by atoms with Gasteiger partial charge in [-0.15, -0.1) is 0 Å². The number of hydrogen-bond donors (Lipinski definition) is 0. The summed E-state index contributed by atoms with van der Waals surface area (Å²) >= 11 is -2.91. The third-order valence-electron chi connectivity index (χ3n) is 6.69. The van der Waals surface area contributed by atoms with E-state index in [0.717, 1.165) is 0 Å². The van der Waals surface area contributed by atoms with Gasteiger partial charge in [0.1, 0.15) is 0 Å². The van der Waals surface area contributed by atoms with Crippen molar-refractivity contribution < 1.29 is 14.3 Å². The average Bonchev–Trinajstić information content (AvgIpc) is 3.09. The molecule has 2 rings (SSSR count). The minimum absolute atomic E-state index is 0.175. The van der Waals surface area contributed by atoms with Crippen molar-refractivity contribution in [2.24, 2.45) is 0 Å². The standard InChI is InChI=1S/C16H18NO3.3C4H9.Sn/c1-16(2,3)20-15(19)17-13(9-10-14(17)18)11-12-7-5-4-6-8-12;3*1-3-4-2;/h4-8,10,13H,11H2,1-3H3;3*1,3-4H2,2H3;/t13-;;;;/m1..../s1. The Balaban J connectivity index is 2.53. The fourth-order valence-corrected chi connectivity index (χ4v) is 22.4. The van der Waals surface area contributed by atoms with E-state index in [2.05, 4.69) is 32.9 Å². The monoisotopic (exact) mass is 563 g/mol. The average molecular weight is 562 g/mol. The van der Waals surface area contributed by atoms with Gasteiger partial charge in [-0.2, -0.15) is 0 Å². The number of unbranched alkanes of at least 4 members (excludes halogenated alkanes) is 3. The van der Waals surface area contributed by atoms with E-state index in [1.54, 1.807) is 0 Å². The zero-order valence-corrected chi connectivity index (χ0v) is 24.6. The van der Waals surface area contributed by atoms with E-state index < -0.39 is 30.1 Å². The molecule has 184 valence electrons. The molecule has 1 aliphatic heterocycles. The fourth-order valence-electron chi connectivity index (χ4n) is 5.02. The number of benzene rings is 1. The quantitative estimate of drug-likeness (QED) is 0.246. The maximum atomic E-state index is 13.4. The van der Waals surface area contributed by atoms with E-state index in [1.165, 1.54) is 65.9 Å². The van der Waals surface area contributed by atoms with Crippen LogP contribution in [-0.4, -0.2) is 46.9 Å². The molecule has 0 saturated carbocycles. The number of hydrogen-bond acceptors (Lipinski definition) is 3. The minimum atomic E-state index is -2.91. The summed E-state index contributed by atoms with van der Waals surface area (Å²) in [6.07, 6.45) is 9.26. The van der Waals surface area contributed by atoms with Gasteiger partial charge in [0.05, 0.1) is 0 Å². The first-order chi connectivity index (χ1) is 15.7. The van der Waals surface area contributed by atoms with Crippen molar-refractivity contribution in [3.05, 3.63) is 45.6 Å². The molecular formula is C28H45NO3Sn. The second-order valence-electron chi connectivity index (χ2n) is 10.6. The Labute approximate surface area is 206 Å². The molecule has 1 aromatic rings. The first kappa shape index (κ1) is 27.9. The fraction of sp³-hybridized carbons (Fsp3) is 0.643. The zero-order chi connectivity index (χ0) is 24.5. The second kappa shape index (κ2) is 13.0. The molecule has 0 spiro atoms. The van der Waals surface area contributed by atoms with Crippen molar-refractivity contribution in [3.63, 3.8) is 0 Å². The second-order valence-corrected chi connectivity index (χ2v) is 23.8. The van der Waals surface area contributed by atoms with Crippen LogP contribution in [0.1, 0.15) is 85.6 Å². The van der Waals surface area contributed by atoms with Crippen LogP contribution in [0.15, 0.2) is 40.0 Å². The third-order valence-corrected chi connectivity index (χ3v) is 22.8. The molecule has 4 nitrogen and oxygen atoms in total. The molecule has 5 heteroatoms. The van der Waals surface area contributed by atoms with Crippen LogP contribution >= 0.6 is 0 Å². The number of carbonyl (C=O) groups excluding carboxylic acids is 2. The molecule has 1 heterocycles. The molecule has 0 fully saturated rings. The maximum absolute atomic E-state index is 13.4. The molecule has 0 aliphatic carbocycles. The molecule has 1 aliphatic rings. The van der Waals surface area contributed by atoms with Gasteiger partial charge < -0.3 is 0 Å². The van der Waals surface area contributed by atoms with Crippen LogP contribution < -0.4 is 0 Å². The molecule has 2 amide bonds. The van der Waals surface area contributed by atoms with Gasteiger partial charge in [-0.3, -0.25) is 0 Å². The first-order valence-electron chi connectivity index (χ1n) is 13.0.